The number of nitrogens with zero attached hydrogens (tertiary/aromatic N) is 3. The number of hydrogen-bond donors (Lipinski definition) is 0. The van der Waals surface area contributed by atoms with Crippen molar-refractivity contribution in [3.05, 3.63) is 54.2 Å². The highest BCUT2D eigenvalue weighted by Crippen LogP contribution is 2.32. The normalized spacial score (nSPS) is 16.9. The van der Waals surface area contributed by atoms with Gasteiger partial charge in [-0.05, 0) is 11.5 Å². The summed E-state index contributed by atoms with van der Waals surface area (Å²) < 4.78 is 10.4. The Morgan fingerprint density at radius 3 is 2.82 bits per heavy atom. The molecule has 1 aliphatic heterocycles. The van der Waals surface area contributed by atoms with Crippen LogP contribution in [0.3, 0.4) is 0 Å². The Labute approximate surface area is 162 Å². The van der Waals surface area contributed by atoms with Crippen LogP contribution in [0.4, 0.5) is 5.69 Å². The van der Waals surface area contributed by atoms with E-state index in [0.29, 0.717) is 12.4 Å². The van der Waals surface area contributed by atoms with Crippen molar-refractivity contribution < 1.29 is 18.8 Å². The van der Waals surface area contributed by atoms with Gasteiger partial charge in [-0.1, -0.05) is 55.4 Å². The zero-order chi connectivity index (χ0) is 19.7. The third-order valence-electron chi connectivity index (χ3n) is 4.85. The zero-order valence-electron chi connectivity index (χ0n) is 15.8. The first-order chi connectivity index (χ1) is 13.5. The summed E-state index contributed by atoms with van der Waals surface area (Å²) in [6.45, 7) is 4.11. The fourth-order valence-electron chi connectivity index (χ4n) is 3.35. The summed E-state index contributed by atoms with van der Waals surface area (Å²) in [6, 6.07) is 13.7. The molecule has 7 heteroatoms. The average Bonchev–Trinajstić information content (AvgIpc) is 3.32. The molecule has 7 nitrogen and oxygen atoms in total. The smallest absolute Gasteiger partial charge is 0.311 e. The van der Waals surface area contributed by atoms with Gasteiger partial charge in [-0.25, -0.2) is 0 Å². The molecule has 1 aromatic heterocycles. The minimum absolute atomic E-state index is 0.0850. The molecule has 2 heterocycles. The molecule has 1 amide bonds. The number of ether oxygens (including phenoxy) is 1. The van der Waals surface area contributed by atoms with Crippen LogP contribution in [0, 0.1) is 5.92 Å². The van der Waals surface area contributed by atoms with Crippen molar-refractivity contribution in [2.45, 2.75) is 32.8 Å². The van der Waals surface area contributed by atoms with E-state index >= 15 is 0 Å². The van der Waals surface area contributed by atoms with Crippen LogP contribution < -0.4 is 4.90 Å². The van der Waals surface area contributed by atoms with E-state index in [0.717, 1.165) is 16.5 Å². The molecule has 0 saturated carbocycles. The van der Waals surface area contributed by atoms with Gasteiger partial charge in [0.05, 0.1) is 11.6 Å². The largest absolute Gasteiger partial charge is 0.455 e. The van der Waals surface area contributed by atoms with E-state index in [9.17, 15) is 9.59 Å². The van der Waals surface area contributed by atoms with Gasteiger partial charge in [0.1, 0.15) is 0 Å². The van der Waals surface area contributed by atoms with Crippen LogP contribution in [0.2, 0.25) is 0 Å². The highest BCUT2D eigenvalue weighted by Gasteiger charge is 2.36. The molecule has 144 valence electrons. The first-order valence-corrected chi connectivity index (χ1v) is 9.30. The quantitative estimate of drug-likeness (QED) is 0.631. The Hall–Kier alpha value is -3.22. The van der Waals surface area contributed by atoms with E-state index in [1.54, 1.807) is 4.90 Å². The van der Waals surface area contributed by atoms with E-state index < -0.39 is 11.9 Å². The molecular formula is C21H21N3O4. The standard InChI is InChI=1S/C21H21N3O4/c1-13(2)20-22-18(28-23-20)12-27-21(26)15-10-19(25)24(11-15)17-9-5-7-14-6-3-4-8-16(14)17/h3-9,13,15H,10-12H2,1-2H3. The molecule has 1 fully saturated rings. The van der Waals surface area contributed by atoms with E-state index in [2.05, 4.69) is 10.1 Å². The van der Waals surface area contributed by atoms with Crippen LogP contribution in [0.15, 0.2) is 47.0 Å². The molecule has 0 bridgehead atoms. The number of amides is 1. The molecule has 0 N–H and O–H groups in total. The van der Waals surface area contributed by atoms with Gasteiger partial charge in [-0.3, -0.25) is 9.59 Å². The number of esters is 1. The summed E-state index contributed by atoms with van der Waals surface area (Å²) >= 11 is 0. The summed E-state index contributed by atoms with van der Waals surface area (Å²) in [6.07, 6.45) is 0.128. The highest BCUT2D eigenvalue weighted by molar-refractivity contribution is 6.06. The second-order valence-corrected chi connectivity index (χ2v) is 7.21. The Balaban J connectivity index is 1.44. The molecule has 28 heavy (non-hydrogen) atoms. The second kappa shape index (κ2) is 7.42. The van der Waals surface area contributed by atoms with E-state index in [-0.39, 0.29) is 30.7 Å². The average molecular weight is 379 g/mol. The van der Waals surface area contributed by atoms with Gasteiger partial charge in [0.2, 0.25) is 5.91 Å². The van der Waals surface area contributed by atoms with Crippen molar-refractivity contribution in [1.82, 2.24) is 10.1 Å². The van der Waals surface area contributed by atoms with Crippen LogP contribution >= 0.6 is 0 Å². The Morgan fingerprint density at radius 2 is 2.04 bits per heavy atom. The zero-order valence-corrected chi connectivity index (χ0v) is 15.8. The maximum Gasteiger partial charge on any atom is 0.311 e. The second-order valence-electron chi connectivity index (χ2n) is 7.21. The molecule has 3 aromatic rings. The number of carbonyl (C=O) groups excluding carboxylic acids is 2. The Bertz CT molecular complexity index is 1020. The van der Waals surface area contributed by atoms with Crippen molar-refractivity contribution in [1.29, 1.82) is 0 Å². The van der Waals surface area contributed by atoms with E-state index in [1.807, 2.05) is 56.3 Å². The summed E-state index contributed by atoms with van der Waals surface area (Å²) in [4.78, 5) is 30.9. The summed E-state index contributed by atoms with van der Waals surface area (Å²) in [5.74, 6) is -0.0658. The van der Waals surface area contributed by atoms with Gasteiger partial charge < -0.3 is 14.2 Å². The fraction of sp³-hybridized carbons (Fsp3) is 0.333. The van der Waals surface area contributed by atoms with Gasteiger partial charge >= 0.3 is 5.97 Å². The van der Waals surface area contributed by atoms with Gasteiger partial charge in [0.25, 0.3) is 5.89 Å². The first-order valence-electron chi connectivity index (χ1n) is 9.30. The van der Waals surface area contributed by atoms with E-state index in [4.69, 9.17) is 9.26 Å². The minimum atomic E-state index is -0.515. The number of hydrogen-bond acceptors (Lipinski definition) is 6. The predicted octanol–water partition coefficient (Wildman–Crippen LogP) is 3.44. The number of rotatable bonds is 5. The topological polar surface area (TPSA) is 85.5 Å². The lowest BCUT2D eigenvalue weighted by atomic mass is 10.1. The number of carbonyl (C=O) groups is 2. The van der Waals surface area contributed by atoms with Gasteiger partial charge in [-0.15, -0.1) is 0 Å². The number of fused-ring (bicyclic) bond motifs is 1. The molecule has 1 atom stereocenters. The van der Waals surface area contributed by atoms with Gasteiger partial charge in [0, 0.05) is 24.3 Å². The first kappa shape index (κ1) is 18.2. The van der Waals surface area contributed by atoms with Crippen LogP contribution in [-0.2, 0) is 20.9 Å². The third kappa shape index (κ3) is 3.47. The molecule has 2 aromatic carbocycles. The number of anilines is 1. The Morgan fingerprint density at radius 1 is 1.25 bits per heavy atom. The van der Waals surface area contributed by atoms with Crippen LogP contribution in [0.5, 0.6) is 0 Å². The van der Waals surface area contributed by atoms with Crippen molar-refractivity contribution >= 4 is 28.3 Å². The van der Waals surface area contributed by atoms with Crippen molar-refractivity contribution in [3.8, 4) is 0 Å². The van der Waals surface area contributed by atoms with Gasteiger partial charge in [-0.2, -0.15) is 4.98 Å². The van der Waals surface area contributed by atoms with Crippen molar-refractivity contribution in [3.63, 3.8) is 0 Å². The van der Waals surface area contributed by atoms with Crippen LogP contribution in [-0.4, -0.2) is 28.6 Å². The molecule has 1 aliphatic rings. The third-order valence-corrected chi connectivity index (χ3v) is 4.85. The molecule has 4 rings (SSSR count). The maximum absolute atomic E-state index is 12.6. The summed E-state index contributed by atoms with van der Waals surface area (Å²) in [5, 5.41) is 5.88. The fourth-order valence-corrected chi connectivity index (χ4v) is 3.35. The molecule has 0 radical (unpaired) electrons. The molecule has 0 spiro atoms. The van der Waals surface area contributed by atoms with Gasteiger partial charge in [0.15, 0.2) is 12.4 Å². The van der Waals surface area contributed by atoms with Crippen molar-refractivity contribution in [2.75, 3.05) is 11.4 Å². The molecule has 1 unspecified atom stereocenters. The lowest BCUT2D eigenvalue weighted by Crippen LogP contribution is -2.26. The molecular weight excluding hydrogens is 358 g/mol. The van der Waals surface area contributed by atoms with Crippen LogP contribution in [0.25, 0.3) is 10.8 Å². The lowest BCUT2D eigenvalue weighted by molar-refractivity contribution is -0.150. The predicted molar refractivity (Wildman–Crippen MR) is 103 cm³/mol. The minimum Gasteiger partial charge on any atom is -0.455 e. The van der Waals surface area contributed by atoms with E-state index in [1.165, 1.54) is 0 Å². The summed E-state index contributed by atoms with van der Waals surface area (Å²) in [7, 11) is 0. The Kier molecular flexibility index (Phi) is 4.81. The monoisotopic (exact) mass is 379 g/mol. The summed E-state index contributed by atoms with van der Waals surface area (Å²) in [5.41, 5.74) is 0.817. The maximum atomic E-state index is 12.6. The van der Waals surface area contributed by atoms with Crippen molar-refractivity contribution in [2.24, 2.45) is 5.92 Å². The lowest BCUT2D eigenvalue weighted by Gasteiger charge is -2.18. The highest BCUT2D eigenvalue weighted by atomic mass is 16.6. The molecule has 1 saturated heterocycles. The number of benzene rings is 2. The SMILES string of the molecule is CC(C)c1noc(COC(=O)C2CC(=O)N(c3cccc4ccccc34)C2)n1. The number of aromatic nitrogens is 2. The molecule has 0 aliphatic carbocycles. The van der Waals surface area contributed by atoms with Crippen LogP contribution in [0.1, 0.15) is 37.9 Å².